The van der Waals surface area contributed by atoms with Crippen LogP contribution in [0.3, 0.4) is 0 Å². The van der Waals surface area contributed by atoms with E-state index >= 15 is 0 Å². The molecule has 1 aromatic carbocycles. The second-order valence-electron chi connectivity index (χ2n) is 5.68. The Bertz CT molecular complexity index is 660. The molecule has 1 fully saturated rings. The Hall–Kier alpha value is -1.60. The lowest BCUT2D eigenvalue weighted by atomic mass is 10.1. The Morgan fingerprint density at radius 3 is 2.61 bits per heavy atom. The number of nitrogens with zero attached hydrogens (tertiary/aromatic N) is 2. The summed E-state index contributed by atoms with van der Waals surface area (Å²) >= 11 is 0. The fourth-order valence-corrected chi connectivity index (χ4v) is 4.56. The van der Waals surface area contributed by atoms with Crippen LogP contribution in [0, 0.1) is 0 Å². The minimum absolute atomic E-state index is 0.112. The maximum absolute atomic E-state index is 13.1. The minimum Gasteiger partial charge on any atom is -0.495 e. The first-order valence-electron chi connectivity index (χ1n) is 7.83. The van der Waals surface area contributed by atoms with Crippen molar-refractivity contribution in [3.05, 3.63) is 24.3 Å². The van der Waals surface area contributed by atoms with Crippen LogP contribution in [-0.4, -0.2) is 56.8 Å². The van der Waals surface area contributed by atoms with Crippen molar-refractivity contribution in [1.29, 1.82) is 0 Å². The second kappa shape index (κ2) is 7.31. The number of sulfonamides is 1. The monoisotopic (exact) mass is 340 g/mol. The summed E-state index contributed by atoms with van der Waals surface area (Å²) in [5.41, 5.74) is 0. The van der Waals surface area contributed by atoms with Crippen LogP contribution in [-0.2, 0) is 14.8 Å². The molecule has 0 saturated carbocycles. The van der Waals surface area contributed by atoms with Gasteiger partial charge in [-0.2, -0.15) is 4.31 Å². The van der Waals surface area contributed by atoms with Gasteiger partial charge in [-0.1, -0.05) is 31.9 Å². The number of benzene rings is 1. The van der Waals surface area contributed by atoms with E-state index in [0.717, 1.165) is 12.8 Å². The van der Waals surface area contributed by atoms with Gasteiger partial charge in [-0.05, 0) is 18.6 Å². The molecule has 6 nitrogen and oxygen atoms in total. The lowest BCUT2D eigenvalue weighted by Crippen LogP contribution is -2.57. The predicted molar refractivity (Wildman–Crippen MR) is 87.8 cm³/mol. The van der Waals surface area contributed by atoms with E-state index in [0.29, 0.717) is 25.3 Å². The number of piperazine rings is 1. The summed E-state index contributed by atoms with van der Waals surface area (Å²) in [5, 5.41) is 0. The van der Waals surface area contributed by atoms with Crippen LogP contribution in [0.25, 0.3) is 0 Å². The third-order valence-electron chi connectivity index (χ3n) is 4.15. The fraction of sp³-hybridized carbons (Fsp3) is 0.562. The number of likely N-dealkylation sites (N-methyl/N-ethyl adjacent to an activating group) is 1. The fourth-order valence-electron chi connectivity index (χ4n) is 2.80. The Morgan fingerprint density at radius 2 is 1.96 bits per heavy atom. The van der Waals surface area contributed by atoms with Gasteiger partial charge in [0.15, 0.2) is 0 Å². The lowest BCUT2D eigenvalue weighted by molar-refractivity contribution is -0.137. The summed E-state index contributed by atoms with van der Waals surface area (Å²) in [5.74, 6) is 0.163. The van der Waals surface area contributed by atoms with Crippen molar-refractivity contribution in [1.82, 2.24) is 9.21 Å². The largest absolute Gasteiger partial charge is 0.495 e. The van der Waals surface area contributed by atoms with E-state index in [1.54, 1.807) is 30.1 Å². The molecule has 1 heterocycles. The third-order valence-corrected chi connectivity index (χ3v) is 6.10. The average Bonchev–Trinajstić information content (AvgIpc) is 2.55. The van der Waals surface area contributed by atoms with Crippen molar-refractivity contribution in [2.75, 3.05) is 27.2 Å². The highest BCUT2D eigenvalue weighted by Gasteiger charge is 2.41. The molecule has 23 heavy (non-hydrogen) atoms. The quantitative estimate of drug-likeness (QED) is 0.791. The highest BCUT2D eigenvalue weighted by atomic mass is 32.2. The number of methoxy groups -OCH3 is 1. The van der Waals surface area contributed by atoms with Crippen molar-refractivity contribution < 1.29 is 17.9 Å². The van der Waals surface area contributed by atoms with E-state index in [9.17, 15) is 13.2 Å². The molecule has 0 unspecified atom stereocenters. The molecule has 1 aromatic rings. The first-order valence-corrected chi connectivity index (χ1v) is 9.27. The number of ether oxygens (including phenoxy) is 1. The molecule has 0 bridgehead atoms. The number of para-hydroxylation sites is 1. The molecule has 1 saturated heterocycles. The molecule has 2 rings (SSSR count). The van der Waals surface area contributed by atoms with E-state index in [-0.39, 0.29) is 10.8 Å². The first-order chi connectivity index (χ1) is 10.9. The van der Waals surface area contributed by atoms with Crippen LogP contribution in [0.2, 0.25) is 0 Å². The Kier molecular flexibility index (Phi) is 5.64. The van der Waals surface area contributed by atoms with Crippen LogP contribution >= 0.6 is 0 Å². The zero-order valence-electron chi connectivity index (χ0n) is 13.9. The normalized spacial score (nSPS) is 19.9. The highest BCUT2D eigenvalue weighted by Crippen LogP contribution is 2.30. The number of carbonyl (C=O) groups is 1. The van der Waals surface area contributed by atoms with Gasteiger partial charge in [0.25, 0.3) is 0 Å². The molecule has 0 aliphatic carbocycles. The molecule has 1 amide bonds. The van der Waals surface area contributed by atoms with Gasteiger partial charge >= 0.3 is 0 Å². The van der Waals surface area contributed by atoms with E-state index in [1.165, 1.54) is 17.5 Å². The van der Waals surface area contributed by atoms with Gasteiger partial charge in [0.2, 0.25) is 15.9 Å². The maximum atomic E-state index is 13.1. The molecule has 0 N–H and O–H groups in total. The SMILES string of the molecule is CCCC[C@H]1C(=O)N(C)CCN1S(=O)(=O)c1ccccc1OC. The molecule has 0 radical (unpaired) electrons. The molecule has 1 atom stereocenters. The van der Waals surface area contributed by atoms with Crippen LogP contribution in [0.15, 0.2) is 29.2 Å². The van der Waals surface area contributed by atoms with Crippen molar-refractivity contribution in [2.45, 2.75) is 37.1 Å². The zero-order chi connectivity index (χ0) is 17.0. The van der Waals surface area contributed by atoms with E-state index in [4.69, 9.17) is 4.74 Å². The molecule has 7 heteroatoms. The van der Waals surface area contributed by atoms with Crippen LogP contribution in [0.1, 0.15) is 26.2 Å². The standard InChI is InChI=1S/C16H24N2O4S/c1-4-5-8-13-16(19)17(2)11-12-18(13)23(20,21)15-10-7-6-9-14(15)22-3/h6-7,9-10,13H,4-5,8,11-12H2,1-3H3/t13-/m0/s1. The predicted octanol–water partition coefficient (Wildman–Crippen LogP) is 1.72. The number of unbranched alkanes of at least 4 members (excludes halogenated alkanes) is 1. The summed E-state index contributed by atoms with van der Waals surface area (Å²) < 4.78 is 32.7. The number of amides is 1. The van der Waals surface area contributed by atoms with E-state index in [1.807, 2.05) is 6.92 Å². The van der Waals surface area contributed by atoms with Crippen LogP contribution in [0.4, 0.5) is 0 Å². The van der Waals surface area contributed by atoms with Gasteiger partial charge in [0, 0.05) is 20.1 Å². The highest BCUT2D eigenvalue weighted by molar-refractivity contribution is 7.89. The minimum atomic E-state index is -3.78. The van der Waals surface area contributed by atoms with Crippen molar-refractivity contribution in [2.24, 2.45) is 0 Å². The summed E-state index contributed by atoms with van der Waals surface area (Å²) in [4.78, 5) is 14.2. The summed E-state index contributed by atoms with van der Waals surface area (Å²) in [6.45, 7) is 2.73. The summed E-state index contributed by atoms with van der Waals surface area (Å²) in [7, 11) is -0.621. The number of rotatable bonds is 6. The van der Waals surface area contributed by atoms with E-state index in [2.05, 4.69) is 0 Å². The van der Waals surface area contributed by atoms with Gasteiger partial charge in [-0.15, -0.1) is 0 Å². The van der Waals surface area contributed by atoms with Gasteiger partial charge in [0.1, 0.15) is 16.7 Å². The third kappa shape index (κ3) is 3.50. The summed E-state index contributed by atoms with van der Waals surface area (Å²) in [6, 6.07) is 5.89. The lowest BCUT2D eigenvalue weighted by Gasteiger charge is -2.38. The summed E-state index contributed by atoms with van der Waals surface area (Å²) in [6.07, 6.45) is 2.26. The van der Waals surface area contributed by atoms with Gasteiger partial charge in [-0.25, -0.2) is 8.42 Å². The van der Waals surface area contributed by atoms with E-state index < -0.39 is 16.1 Å². The molecule has 128 valence electrons. The second-order valence-corrected chi connectivity index (χ2v) is 7.54. The Balaban J connectivity index is 2.41. The molecular weight excluding hydrogens is 316 g/mol. The van der Waals surface area contributed by atoms with Crippen molar-refractivity contribution in [3.63, 3.8) is 0 Å². The first kappa shape index (κ1) is 17.7. The van der Waals surface area contributed by atoms with Crippen LogP contribution in [0.5, 0.6) is 5.75 Å². The van der Waals surface area contributed by atoms with Crippen LogP contribution < -0.4 is 4.74 Å². The van der Waals surface area contributed by atoms with Gasteiger partial charge < -0.3 is 9.64 Å². The number of carbonyl (C=O) groups excluding carboxylic acids is 1. The molecule has 0 spiro atoms. The van der Waals surface area contributed by atoms with Crippen molar-refractivity contribution >= 4 is 15.9 Å². The molecular formula is C16H24N2O4S. The number of hydrogen-bond acceptors (Lipinski definition) is 4. The topological polar surface area (TPSA) is 66.9 Å². The Labute approximate surface area is 138 Å². The number of hydrogen-bond donors (Lipinski definition) is 0. The average molecular weight is 340 g/mol. The molecule has 1 aliphatic rings. The smallest absolute Gasteiger partial charge is 0.247 e. The van der Waals surface area contributed by atoms with Gasteiger partial charge in [0.05, 0.1) is 7.11 Å². The maximum Gasteiger partial charge on any atom is 0.247 e. The zero-order valence-corrected chi connectivity index (χ0v) is 14.7. The molecule has 0 aromatic heterocycles. The molecule has 1 aliphatic heterocycles. The van der Waals surface area contributed by atoms with Gasteiger partial charge in [-0.3, -0.25) is 4.79 Å². The van der Waals surface area contributed by atoms with Crippen molar-refractivity contribution in [3.8, 4) is 5.75 Å². The Morgan fingerprint density at radius 1 is 1.26 bits per heavy atom.